The molecule has 2 rings (SSSR count). The van der Waals surface area contributed by atoms with Gasteiger partial charge in [0.25, 0.3) is 0 Å². The van der Waals surface area contributed by atoms with Crippen LogP contribution in [0.15, 0.2) is 12.3 Å². The van der Waals surface area contributed by atoms with Crippen molar-refractivity contribution in [3.63, 3.8) is 0 Å². The van der Waals surface area contributed by atoms with Crippen molar-refractivity contribution in [2.45, 2.75) is 19.4 Å². The minimum absolute atomic E-state index is 0.430. The zero-order valence-corrected chi connectivity index (χ0v) is 7.95. The molecule has 0 amide bonds. The number of rotatable bonds is 1. The second-order valence-electron chi connectivity index (χ2n) is 3.55. The molecule has 0 bridgehead atoms. The summed E-state index contributed by atoms with van der Waals surface area (Å²) in [6.45, 7) is 3.10. The lowest BCUT2D eigenvalue weighted by atomic mass is 9.92. The van der Waals surface area contributed by atoms with E-state index in [1.807, 2.05) is 13.0 Å². The molecule has 0 radical (unpaired) electrons. The fourth-order valence-corrected chi connectivity index (χ4v) is 1.76. The zero-order valence-electron chi connectivity index (χ0n) is 7.95. The minimum atomic E-state index is -0.774. The number of fused-ring (bicyclic) bond motifs is 1. The normalized spacial score (nSPS) is 20.2. The number of nitrogens with zero attached hydrogens (tertiary/aromatic N) is 1. The maximum Gasteiger partial charge on any atom is 0.312 e. The molecule has 1 aromatic rings. The van der Waals surface area contributed by atoms with Crippen LogP contribution in [0.5, 0.6) is 0 Å². The predicted molar refractivity (Wildman–Crippen MR) is 51.1 cm³/mol. The Bertz CT molecular complexity index is 376. The van der Waals surface area contributed by atoms with Crippen LogP contribution >= 0.6 is 0 Å². The third-order valence-corrected chi connectivity index (χ3v) is 2.50. The zero-order chi connectivity index (χ0) is 10.1. The fourth-order valence-electron chi connectivity index (χ4n) is 1.76. The van der Waals surface area contributed by atoms with Crippen LogP contribution in [0.1, 0.15) is 22.7 Å². The van der Waals surface area contributed by atoms with Crippen molar-refractivity contribution in [3.8, 4) is 0 Å². The van der Waals surface area contributed by atoms with Crippen molar-refractivity contribution in [2.75, 3.05) is 6.54 Å². The van der Waals surface area contributed by atoms with Gasteiger partial charge in [-0.1, -0.05) is 0 Å². The number of carboxylic acids is 1. The number of nitrogens with one attached hydrogen (secondary N) is 1. The highest BCUT2D eigenvalue weighted by Crippen LogP contribution is 2.23. The summed E-state index contributed by atoms with van der Waals surface area (Å²) in [4.78, 5) is 15.1. The number of carboxylic acid groups (broad SMARTS) is 1. The Morgan fingerprint density at radius 1 is 1.71 bits per heavy atom. The summed E-state index contributed by atoms with van der Waals surface area (Å²) < 4.78 is 0. The molecule has 4 heteroatoms. The topological polar surface area (TPSA) is 62.2 Å². The molecule has 74 valence electrons. The number of aliphatic carboxylic acids is 1. The Morgan fingerprint density at radius 3 is 3.21 bits per heavy atom. The highest BCUT2D eigenvalue weighted by Gasteiger charge is 2.25. The summed E-state index contributed by atoms with van der Waals surface area (Å²) in [5.41, 5.74) is 2.77. The quantitative estimate of drug-likeness (QED) is 0.686. The van der Waals surface area contributed by atoms with E-state index in [0.29, 0.717) is 13.1 Å². The van der Waals surface area contributed by atoms with Crippen LogP contribution in [0.2, 0.25) is 0 Å². The number of pyridine rings is 1. The molecule has 14 heavy (non-hydrogen) atoms. The summed E-state index contributed by atoms with van der Waals surface area (Å²) >= 11 is 0. The number of hydrogen-bond acceptors (Lipinski definition) is 3. The summed E-state index contributed by atoms with van der Waals surface area (Å²) in [6, 6.07) is 1.87. The van der Waals surface area contributed by atoms with Crippen molar-refractivity contribution in [2.24, 2.45) is 0 Å². The Balaban J connectivity index is 2.46. The molecule has 0 saturated carbocycles. The van der Waals surface area contributed by atoms with Crippen LogP contribution in [-0.2, 0) is 11.3 Å². The lowest BCUT2D eigenvalue weighted by Gasteiger charge is -2.23. The molecule has 2 heterocycles. The van der Waals surface area contributed by atoms with Gasteiger partial charge < -0.3 is 10.4 Å². The molecule has 0 fully saturated rings. The van der Waals surface area contributed by atoms with Crippen molar-refractivity contribution < 1.29 is 9.90 Å². The van der Waals surface area contributed by atoms with Gasteiger partial charge in [-0.25, -0.2) is 0 Å². The van der Waals surface area contributed by atoms with Gasteiger partial charge in [-0.15, -0.1) is 0 Å². The van der Waals surface area contributed by atoms with E-state index in [-0.39, 0.29) is 0 Å². The summed E-state index contributed by atoms with van der Waals surface area (Å²) in [7, 11) is 0. The van der Waals surface area contributed by atoms with E-state index in [1.54, 1.807) is 6.20 Å². The molecule has 0 aromatic carbocycles. The number of carbonyl (C=O) groups is 1. The molecular weight excluding hydrogens is 180 g/mol. The Labute approximate surface area is 82.0 Å². The van der Waals surface area contributed by atoms with E-state index in [4.69, 9.17) is 5.11 Å². The Morgan fingerprint density at radius 2 is 2.50 bits per heavy atom. The minimum Gasteiger partial charge on any atom is -0.481 e. The first-order valence-corrected chi connectivity index (χ1v) is 4.57. The van der Waals surface area contributed by atoms with E-state index in [9.17, 15) is 4.79 Å². The first-order chi connectivity index (χ1) is 6.68. The fraction of sp³-hybridized carbons (Fsp3) is 0.400. The third-order valence-electron chi connectivity index (χ3n) is 2.50. The van der Waals surface area contributed by atoms with E-state index in [0.717, 1.165) is 16.8 Å². The molecule has 2 N–H and O–H groups in total. The van der Waals surface area contributed by atoms with Gasteiger partial charge in [-0.05, 0) is 24.1 Å². The lowest BCUT2D eigenvalue weighted by Crippen LogP contribution is -2.32. The van der Waals surface area contributed by atoms with Crippen molar-refractivity contribution in [1.82, 2.24) is 10.3 Å². The SMILES string of the molecule is Cc1cc2c(cn1)CNCC2C(=O)O. The van der Waals surface area contributed by atoms with Crippen LogP contribution in [0.3, 0.4) is 0 Å². The van der Waals surface area contributed by atoms with Gasteiger partial charge in [0, 0.05) is 25.0 Å². The standard InChI is InChI=1S/C10H12N2O2/c1-6-2-8-7(4-12-6)3-11-5-9(8)10(13)14/h2,4,9,11H,3,5H2,1H3,(H,13,14). The van der Waals surface area contributed by atoms with Gasteiger partial charge in [0.2, 0.25) is 0 Å². The first kappa shape index (κ1) is 9.15. The van der Waals surface area contributed by atoms with Crippen LogP contribution in [0.25, 0.3) is 0 Å². The molecule has 1 unspecified atom stereocenters. The largest absolute Gasteiger partial charge is 0.481 e. The predicted octanol–water partition coefficient (Wildman–Crippen LogP) is 0.661. The van der Waals surface area contributed by atoms with Crippen LogP contribution < -0.4 is 5.32 Å². The molecule has 1 atom stereocenters. The maximum atomic E-state index is 11.0. The van der Waals surface area contributed by atoms with Gasteiger partial charge in [-0.3, -0.25) is 9.78 Å². The Kier molecular flexibility index (Phi) is 2.21. The molecular formula is C10H12N2O2. The van der Waals surface area contributed by atoms with Crippen LogP contribution in [-0.4, -0.2) is 22.6 Å². The highest BCUT2D eigenvalue weighted by molar-refractivity contribution is 5.77. The lowest BCUT2D eigenvalue weighted by molar-refractivity contribution is -0.138. The van der Waals surface area contributed by atoms with E-state index >= 15 is 0 Å². The monoisotopic (exact) mass is 192 g/mol. The summed E-state index contributed by atoms with van der Waals surface area (Å²) in [6.07, 6.45) is 1.76. The van der Waals surface area contributed by atoms with Crippen molar-refractivity contribution in [1.29, 1.82) is 0 Å². The van der Waals surface area contributed by atoms with Gasteiger partial charge in [0.15, 0.2) is 0 Å². The summed E-state index contributed by atoms with van der Waals surface area (Å²) in [5.74, 6) is -1.20. The third kappa shape index (κ3) is 1.48. The Hall–Kier alpha value is -1.42. The molecule has 4 nitrogen and oxygen atoms in total. The van der Waals surface area contributed by atoms with Gasteiger partial charge in [0.05, 0.1) is 5.92 Å². The second-order valence-corrected chi connectivity index (χ2v) is 3.55. The molecule has 1 aliphatic rings. The number of hydrogen-bond donors (Lipinski definition) is 2. The number of aromatic nitrogens is 1. The van der Waals surface area contributed by atoms with Crippen molar-refractivity contribution >= 4 is 5.97 Å². The van der Waals surface area contributed by atoms with Gasteiger partial charge in [-0.2, -0.15) is 0 Å². The van der Waals surface area contributed by atoms with Crippen molar-refractivity contribution in [3.05, 3.63) is 29.1 Å². The van der Waals surface area contributed by atoms with Crippen LogP contribution in [0.4, 0.5) is 0 Å². The molecule has 1 aliphatic heterocycles. The molecule has 1 aromatic heterocycles. The number of aryl methyl sites for hydroxylation is 1. The maximum absolute atomic E-state index is 11.0. The second kappa shape index (κ2) is 3.38. The smallest absolute Gasteiger partial charge is 0.312 e. The summed E-state index contributed by atoms with van der Waals surface area (Å²) in [5, 5.41) is 12.1. The molecule has 0 saturated heterocycles. The molecule has 0 spiro atoms. The highest BCUT2D eigenvalue weighted by atomic mass is 16.4. The van der Waals surface area contributed by atoms with Gasteiger partial charge in [0.1, 0.15) is 0 Å². The first-order valence-electron chi connectivity index (χ1n) is 4.57. The van der Waals surface area contributed by atoms with Gasteiger partial charge >= 0.3 is 5.97 Å². The average molecular weight is 192 g/mol. The van der Waals surface area contributed by atoms with E-state index in [1.165, 1.54) is 0 Å². The van der Waals surface area contributed by atoms with Crippen LogP contribution in [0, 0.1) is 6.92 Å². The average Bonchev–Trinajstić information content (AvgIpc) is 2.16. The van der Waals surface area contributed by atoms with E-state index < -0.39 is 11.9 Å². The van der Waals surface area contributed by atoms with E-state index in [2.05, 4.69) is 10.3 Å². The molecule has 0 aliphatic carbocycles.